The molecule has 0 bridgehead atoms. The highest BCUT2D eigenvalue weighted by molar-refractivity contribution is 5.78. The highest BCUT2D eigenvalue weighted by Gasteiger charge is 2.33. The minimum atomic E-state index is -0.840. The van der Waals surface area contributed by atoms with Crippen molar-refractivity contribution in [1.29, 1.82) is 0 Å². The monoisotopic (exact) mass is 308 g/mol. The fourth-order valence-electron chi connectivity index (χ4n) is 2.38. The van der Waals surface area contributed by atoms with E-state index in [0.29, 0.717) is 37.4 Å². The molecular weight excluding hydrogens is 284 g/mol. The second-order valence-electron chi connectivity index (χ2n) is 6.38. The van der Waals surface area contributed by atoms with Gasteiger partial charge in [-0.1, -0.05) is 0 Å². The number of aliphatic carboxylic acids is 1. The molecule has 1 aliphatic rings. The summed E-state index contributed by atoms with van der Waals surface area (Å²) in [7, 11) is 0. The molecular formula is C14H24N6O2. The van der Waals surface area contributed by atoms with Crippen LogP contribution in [0.2, 0.25) is 0 Å². The van der Waals surface area contributed by atoms with Crippen molar-refractivity contribution in [2.45, 2.75) is 52.1 Å². The lowest BCUT2D eigenvalue weighted by Crippen LogP contribution is -2.37. The molecule has 1 atom stereocenters. The second-order valence-corrected chi connectivity index (χ2v) is 6.38. The summed E-state index contributed by atoms with van der Waals surface area (Å²) in [6, 6.07) is -0.570. The van der Waals surface area contributed by atoms with E-state index < -0.39 is 12.0 Å². The van der Waals surface area contributed by atoms with Crippen molar-refractivity contribution in [3.63, 3.8) is 0 Å². The molecule has 0 saturated carbocycles. The molecule has 1 saturated heterocycles. The lowest BCUT2D eigenvalue weighted by atomic mass is 10.1. The Bertz CT molecular complexity index is 543. The van der Waals surface area contributed by atoms with E-state index in [-0.39, 0.29) is 5.54 Å². The van der Waals surface area contributed by atoms with Crippen molar-refractivity contribution < 1.29 is 9.90 Å². The fraction of sp³-hybridized carbons (Fsp3) is 0.714. The first kappa shape index (κ1) is 16.3. The Hall–Kier alpha value is -2.12. The van der Waals surface area contributed by atoms with Gasteiger partial charge in [0.25, 0.3) is 0 Å². The van der Waals surface area contributed by atoms with Gasteiger partial charge in [0, 0.05) is 18.6 Å². The van der Waals surface area contributed by atoms with Crippen LogP contribution in [-0.4, -0.2) is 50.7 Å². The first-order chi connectivity index (χ1) is 10.3. The highest BCUT2D eigenvalue weighted by Crippen LogP contribution is 2.25. The van der Waals surface area contributed by atoms with Crippen LogP contribution in [0.1, 0.15) is 40.5 Å². The topological polar surface area (TPSA) is 103 Å². The van der Waals surface area contributed by atoms with Gasteiger partial charge in [-0.15, -0.1) is 0 Å². The first-order valence-corrected chi connectivity index (χ1v) is 7.57. The number of hydrogen-bond donors (Lipinski definition) is 3. The van der Waals surface area contributed by atoms with Gasteiger partial charge >= 0.3 is 5.97 Å². The smallest absolute Gasteiger partial charge is 0.326 e. The standard InChI is InChI=1S/C14H24N6O2/c1-5-15-11-16-12(19-14(2,3)4)18-13(17-11)20-8-6-7-9(20)10(21)22/h9H,5-8H2,1-4H3,(H,21,22)(H2,15,16,17,18,19)/t9-/m0/s1. The van der Waals surface area contributed by atoms with Gasteiger partial charge in [0.15, 0.2) is 0 Å². The van der Waals surface area contributed by atoms with Crippen LogP contribution < -0.4 is 15.5 Å². The third kappa shape index (κ3) is 3.96. The maximum absolute atomic E-state index is 11.4. The van der Waals surface area contributed by atoms with Crippen molar-refractivity contribution in [2.24, 2.45) is 0 Å². The summed E-state index contributed by atoms with van der Waals surface area (Å²) in [4.78, 5) is 26.2. The minimum Gasteiger partial charge on any atom is -0.480 e. The molecule has 0 unspecified atom stereocenters. The molecule has 1 fully saturated rings. The van der Waals surface area contributed by atoms with Gasteiger partial charge in [-0.2, -0.15) is 15.0 Å². The van der Waals surface area contributed by atoms with E-state index in [4.69, 9.17) is 0 Å². The molecule has 0 spiro atoms. The predicted octanol–water partition coefficient (Wildman–Crippen LogP) is 1.57. The summed E-state index contributed by atoms with van der Waals surface area (Å²) in [5, 5.41) is 15.6. The van der Waals surface area contributed by atoms with Crippen molar-refractivity contribution in [2.75, 3.05) is 28.6 Å². The Morgan fingerprint density at radius 1 is 1.32 bits per heavy atom. The van der Waals surface area contributed by atoms with Crippen LogP contribution in [0.5, 0.6) is 0 Å². The van der Waals surface area contributed by atoms with Crippen LogP contribution in [0, 0.1) is 0 Å². The molecule has 1 aromatic rings. The number of anilines is 3. The van der Waals surface area contributed by atoms with Crippen molar-refractivity contribution >= 4 is 23.8 Å². The van der Waals surface area contributed by atoms with Crippen LogP contribution >= 0.6 is 0 Å². The van der Waals surface area contributed by atoms with Crippen LogP contribution in [0.4, 0.5) is 17.8 Å². The number of carbonyl (C=O) groups is 1. The second kappa shape index (κ2) is 6.33. The third-order valence-corrected chi connectivity index (χ3v) is 3.24. The molecule has 0 aliphatic carbocycles. The van der Waals surface area contributed by atoms with Gasteiger partial charge in [-0.05, 0) is 40.5 Å². The SMILES string of the molecule is CCNc1nc(NC(C)(C)C)nc(N2CCC[C@H]2C(=O)O)n1. The van der Waals surface area contributed by atoms with E-state index in [2.05, 4.69) is 25.6 Å². The quantitative estimate of drug-likeness (QED) is 0.753. The van der Waals surface area contributed by atoms with E-state index in [9.17, 15) is 9.90 Å². The molecule has 8 nitrogen and oxygen atoms in total. The predicted molar refractivity (Wildman–Crippen MR) is 85.4 cm³/mol. The lowest BCUT2D eigenvalue weighted by Gasteiger charge is -2.24. The van der Waals surface area contributed by atoms with Crippen molar-refractivity contribution in [3.8, 4) is 0 Å². The fourth-order valence-corrected chi connectivity index (χ4v) is 2.38. The average Bonchev–Trinajstić information content (AvgIpc) is 2.85. The van der Waals surface area contributed by atoms with Crippen molar-refractivity contribution in [1.82, 2.24) is 15.0 Å². The zero-order valence-electron chi connectivity index (χ0n) is 13.6. The number of hydrogen-bond acceptors (Lipinski definition) is 7. The van der Waals surface area contributed by atoms with E-state index in [0.717, 1.165) is 6.42 Å². The summed E-state index contributed by atoms with van der Waals surface area (Å²) < 4.78 is 0. The molecule has 2 heterocycles. The number of rotatable bonds is 5. The zero-order valence-corrected chi connectivity index (χ0v) is 13.6. The van der Waals surface area contributed by atoms with E-state index >= 15 is 0 Å². The summed E-state index contributed by atoms with van der Waals surface area (Å²) in [5.74, 6) is 0.468. The Morgan fingerprint density at radius 3 is 2.59 bits per heavy atom. The van der Waals surface area contributed by atoms with Crippen LogP contribution in [0.15, 0.2) is 0 Å². The molecule has 0 radical (unpaired) electrons. The highest BCUT2D eigenvalue weighted by atomic mass is 16.4. The Morgan fingerprint density at radius 2 is 2.00 bits per heavy atom. The molecule has 0 amide bonds. The van der Waals surface area contributed by atoms with Crippen LogP contribution in [0.3, 0.4) is 0 Å². The van der Waals surface area contributed by atoms with E-state index in [1.165, 1.54) is 0 Å². The molecule has 8 heteroatoms. The first-order valence-electron chi connectivity index (χ1n) is 7.57. The largest absolute Gasteiger partial charge is 0.480 e. The number of nitrogens with one attached hydrogen (secondary N) is 2. The average molecular weight is 308 g/mol. The Kier molecular flexibility index (Phi) is 4.68. The van der Waals surface area contributed by atoms with Gasteiger partial charge in [0.2, 0.25) is 17.8 Å². The zero-order chi connectivity index (χ0) is 16.3. The Balaban J connectivity index is 2.35. The third-order valence-electron chi connectivity index (χ3n) is 3.24. The maximum atomic E-state index is 11.4. The van der Waals surface area contributed by atoms with Gasteiger partial charge < -0.3 is 20.6 Å². The summed E-state index contributed by atoms with van der Waals surface area (Å²) in [6.45, 7) is 9.32. The van der Waals surface area contributed by atoms with Gasteiger partial charge in [0.05, 0.1) is 0 Å². The summed E-state index contributed by atoms with van der Waals surface area (Å²) in [6.07, 6.45) is 1.43. The number of carboxylic acid groups (broad SMARTS) is 1. The van der Waals surface area contributed by atoms with Gasteiger partial charge in [-0.25, -0.2) is 4.79 Å². The van der Waals surface area contributed by atoms with E-state index in [1.807, 2.05) is 27.7 Å². The normalized spacial score (nSPS) is 18.4. The molecule has 1 aromatic heterocycles. The van der Waals surface area contributed by atoms with Crippen LogP contribution in [-0.2, 0) is 4.79 Å². The molecule has 1 aliphatic heterocycles. The molecule has 2 rings (SSSR count). The lowest BCUT2D eigenvalue weighted by molar-refractivity contribution is -0.138. The number of carboxylic acids is 1. The number of aromatic nitrogens is 3. The molecule has 122 valence electrons. The van der Waals surface area contributed by atoms with Crippen molar-refractivity contribution in [3.05, 3.63) is 0 Å². The molecule has 3 N–H and O–H groups in total. The van der Waals surface area contributed by atoms with Crippen LogP contribution in [0.25, 0.3) is 0 Å². The minimum absolute atomic E-state index is 0.195. The van der Waals surface area contributed by atoms with Gasteiger partial charge in [-0.3, -0.25) is 0 Å². The summed E-state index contributed by atoms with van der Waals surface area (Å²) >= 11 is 0. The van der Waals surface area contributed by atoms with Gasteiger partial charge in [0.1, 0.15) is 6.04 Å². The van der Waals surface area contributed by atoms with E-state index in [1.54, 1.807) is 4.90 Å². The Labute approximate surface area is 130 Å². The molecule has 22 heavy (non-hydrogen) atoms. The summed E-state index contributed by atoms with van der Waals surface area (Å²) in [5.41, 5.74) is -0.195. The number of nitrogens with zero attached hydrogens (tertiary/aromatic N) is 4. The molecule has 0 aromatic carbocycles. The maximum Gasteiger partial charge on any atom is 0.326 e.